The minimum Gasteiger partial charge on any atom is -0.493 e. The fourth-order valence-corrected chi connectivity index (χ4v) is 5.04. The molecule has 1 saturated heterocycles. The number of likely N-dealkylation sites (tertiary alicyclic amines) is 1. The number of benzene rings is 2. The van der Waals surface area contributed by atoms with Gasteiger partial charge in [-0.3, -0.25) is 9.82 Å². The predicted octanol–water partition coefficient (Wildman–Crippen LogP) is 4.65. The maximum atomic E-state index is 12.1. The molecule has 3 aromatic rings. The van der Waals surface area contributed by atoms with E-state index < -0.39 is 0 Å². The Balaban J connectivity index is 1.41. The number of urea groups is 1. The summed E-state index contributed by atoms with van der Waals surface area (Å²) in [4.78, 5) is 23.0. The van der Waals surface area contributed by atoms with Gasteiger partial charge in [0.15, 0.2) is 11.5 Å². The van der Waals surface area contributed by atoms with E-state index in [2.05, 4.69) is 40.8 Å². The average molecular weight is 448 g/mol. The van der Waals surface area contributed by atoms with Crippen LogP contribution in [0.15, 0.2) is 42.6 Å². The van der Waals surface area contributed by atoms with Crippen molar-refractivity contribution in [1.29, 1.82) is 0 Å². The number of amides is 2. The summed E-state index contributed by atoms with van der Waals surface area (Å²) in [5.41, 5.74) is 6.60. The number of carbonyl (C=O) groups is 1. The lowest BCUT2D eigenvalue weighted by Gasteiger charge is -2.44. The third-order valence-corrected chi connectivity index (χ3v) is 6.97. The lowest BCUT2D eigenvalue weighted by molar-refractivity contribution is -0.0124. The maximum absolute atomic E-state index is 12.1. The zero-order chi connectivity index (χ0) is 23.0. The summed E-state index contributed by atoms with van der Waals surface area (Å²) in [5, 5.41) is 2.35. The minimum atomic E-state index is -0.265. The third kappa shape index (κ3) is 3.97. The number of nitrogens with zero attached hydrogens (tertiary/aromatic N) is 2. The Kier molecular flexibility index (Phi) is 5.58. The van der Waals surface area contributed by atoms with Crippen molar-refractivity contribution >= 4 is 16.8 Å². The molecule has 2 aliphatic rings. The van der Waals surface area contributed by atoms with Crippen molar-refractivity contribution in [2.75, 3.05) is 27.3 Å². The number of aromatic nitrogens is 1. The van der Waals surface area contributed by atoms with Crippen LogP contribution in [-0.4, -0.2) is 48.8 Å². The molecule has 0 saturated carbocycles. The molecule has 0 radical (unpaired) electrons. The van der Waals surface area contributed by atoms with Gasteiger partial charge in [-0.1, -0.05) is 12.1 Å². The highest BCUT2D eigenvalue weighted by Gasteiger charge is 2.41. The van der Waals surface area contributed by atoms with Gasteiger partial charge >= 0.3 is 6.03 Å². The Morgan fingerprint density at radius 3 is 2.67 bits per heavy atom. The van der Waals surface area contributed by atoms with Gasteiger partial charge in [-0.25, -0.2) is 10.3 Å². The summed E-state index contributed by atoms with van der Waals surface area (Å²) in [6.07, 6.45) is 5.26. The van der Waals surface area contributed by atoms with Crippen molar-refractivity contribution in [1.82, 2.24) is 15.4 Å². The molecule has 7 nitrogen and oxygen atoms in total. The molecular weight excluding hydrogens is 418 g/mol. The maximum Gasteiger partial charge on any atom is 0.341 e. The number of hydrogen-bond donors (Lipinski definition) is 1. The number of hydrogen-bond acceptors (Lipinski definition) is 5. The van der Waals surface area contributed by atoms with E-state index in [4.69, 9.17) is 14.3 Å². The molecule has 2 aliphatic heterocycles. The smallest absolute Gasteiger partial charge is 0.341 e. The van der Waals surface area contributed by atoms with Gasteiger partial charge in [0.2, 0.25) is 0 Å². The molecule has 1 N–H and O–H groups in total. The summed E-state index contributed by atoms with van der Waals surface area (Å²) in [6.45, 7) is 3.30. The molecule has 1 spiro atoms. The highest BCUT2D eigenvalue weighted by Crippen LogP contribution is 2.46. The van der Waals surface area contributed by atoms with Crippen LogP contribution in [-0.2, 0) is 11.3 Å². The summed E-state index contributed by atoms with van der Waals surface area (Å²) < 4.78 is 12.4. The highest BCUT2D eigenvalue weighted by atomic mass is 16.6. The first-order chi connectivity index (χ1) is 16.0. The Labute approximate surface area is 193 Å². The first kappa shape index (κ1) is 21.5. The zero-order valence-corrected chi connectivity index (χ0v) is 19.3. The van der Waals surface area contributed by atoms with Crippen LogP contribution in [0, 0.1) is 6.92 Å². The highest BCUT2D eigenvalue weighted by molar-refractivity contribution is 5.89. The Morgan fingerprint density at radius 1 is 1.09 bits per heavy atom. The van der Waals surface area contributed by atoms with Crippen LogP contribution in [0.25, 0.3) is 21.9 Å². The fraction of sp³-hybridized carbons (Fsp3) is 0.385. The first-order valence-electron chi connectivity index (χ1n) is 11.4. The molecule has 0 aliphatic carbocycles. The number of piperidine rings is 1. The number of fused-ring (bicyclic) bond motifs is 2. The molecule has 0 unspecified atom stereocenters. The number of nitrogens with one attached hydrogen (secondary N) is 1. The average Bonchev–Trinajstić information content (AvgIpc) is 2.84. The first-order valence-corrected chi connectivity index (χ1v) is 11.4. The molecule has 1 aromatic heterocycles. The van der Waals surface area contributed by atoms with Gasteiger partial charge in [-0.2, -0.15) is 0 Å². The number of pyridine rings is 1. The van der Waals surface area contributed by atoms with E-state index in [-0.39, 0.29) is 11.6 Å². The van der Waals surface area contributed by atoms with Crippen LogP contribution in [0.1, 0.15) is 30.5 Å². The molecule has 0 atom stereocenters. The van der Waals surface area contributed by atoms with E-state index in [1.54, 1.807) is 12.0 Å². The van der Waals surface area contributed by atoms with Gasteiger partial charge in [0, 0.05) is 43.2 Å². The molecule has 33 heavy (non-hydrogen) atoms. The predicted molar refractivity (Wildman–Crippen MR) is 126 cm³/mol. The van der Waals surface area contributed by atoms with Gasteiger partial charge in [-0.05, 0) is 66.1 Å². The summed E-state index contributed by atoms with van der Waals surface area (Å²) in [7, 11) is 3.14. The van der Waals surface area contributed by atoms with Crippen LogP contribution in [0.4, 0.5) is 4.79 Å². The van der Waals surface area contributed by atoms with Crippen LogP contribution in [0.5, 0.6) is 11.5 Å². The zero-order valence-electron chi connectivity index (χ0n) is 19.3. The van der Waals surface area contributed by atoms with E-state index in [0.29, 0.717) is 13.1 Å². The second kappa shape index (κ2) is 8.56. The largest absolute Gasteiger partial charge is 0.493 e. The number of carbonyl (C=O) groups excluding carboxylic acids is 1. The van der Waals surface area contributed by atoms with Crippen molar-refractivity contribution in [2.24, 2.45) is 0 Å². The van der Waals surface area contributed by atoms with Crippen LogP contribution in [0.2, 0.25) is 0 Å². The molecule has 0 bridgehead atoms. The molecule has 2 amide bonds. The number of rotatable bonds is 3. The molecule has 1 fully saturated rings. The van der Waals surface area contributed by atoms with Gasteiger partial charge in [0.1, 0.15) is 5.60 Å². The lowest BCUT2D eigenvalue weighted by atomic mass is 9.82. The number of aryl methyl sites for hydroxylation is 2. The van der Waals surface area contributed by atoms with E-state index in [1.165, 1.54) is 23.4 Å². The summed E-state index contributed by atoms with van der Waals surface area (Å²) in [5.74, 6) is 1.59. The third-order valence-electron chi connectivity index (χ3n) is 6.97. The summed E-state index contributed by atoms with van der Waals surface area (Å²) >= 11 is 0. The number of ether oxygens (including phenoxy) is 2. The van der Waals surface area contributed by atoms with E-state index in [0.717, 1.165) is 54.0 Å². The Bertz CT molecular complexity index is 1180. The summed E-state index contributed by atoms with van der Waals surface area (Å²) in [6, 6.07) is 12.6. The van der Waals surface area contributed by atoms with Gasteiger partial charge in [0.05, 0.1) is 14.2 Å². The van der Waals surface area contributed by atoms with Crippen LogP contribution >= 0.6 is 0 Å². The second-order valence-corrected chi connectivity index (χ2v) is 8.88. The molecule has 172 valence electrons. The van der Waals surface area contributed by atoms with Gasteiger partial charge < -0.3 is 14.4 Å². The molecule has 7 heteroatoms. The van der Waals surface area contributed by atoms with E-state index >= 15 is 0 Å². The fourth-order valence-electron chi connectivity index (χ4n) is 5.04. The Morgan fingerprint density at radius 2 is 1.91 bits per heavy atom. The number of hydroxylamine groups is 1. The Hall–Kier alpha value is -3.32. The van der Waals surface area contributed by atoms with E-state index in [9.17, 15) is 4.79 Å². The van der Waals surface area contributed by atoms with E-state index in [1.807, 2.05) is 19.2 Å². The van der Waals surface area contributed by atoms with Gasteiger partial charge in [0.25, 0.3) is 0 Å². The monoisotopic (exact) mass is 447 g/mol. The topological polar surface area (TPSA) is 72.9 Å². The minimum absolute atomic E-state index is 0.202. The quantitative estimate of drug-likeness (QED) is 0.592. The van der Waals surface area contributed by atoms with Crippen molar-refractivity contribution in [3.05, 3.63) is 53.9 Å². The molecular formula is C26H29N3O4. The standard InChI is InChI=1S/C26H29N3O4/c1-17-22-5-4-18(14-19(22)7-11-27-17)21-15-20-6-8-26(33-24(20)23(16-21)31-2)9-12-29(13-10-26)25(30)28-32-3/h4-5,7,11,14-16H,6,8-10,12-13H2,1-3H3,(H,28,30). The van der Waals surface area contributed by atoms with Crippen molar-refractivity contribution < 1.29 is 19.1 Å². The van der Waals surface area contributed by atoms with Gasteiger partial charge in [-0.15, -0.1) is 0 Å². The van der Waals surface area contributed by atoms with Crippen LogP contribution in [0.3, 0.4) is 0 Å². The molecule has 2 aromatic carbocycles. The van der Waals surface area contributed by atoms with Crippen molar-refractivity contribution in [3.63, 3.8) is 0 Å². The molecule has 5 rings (SSSR count). The normalized spacial score (nSPS) is 16.9. The SMILES string of the molecule is CONC(=O)N1CCC2(CCc3cc(-c4ccc5c(C)nccc5c4)cc(OC)c3O2)CC1. The molecule has 3 heterocycles. The van der Waals surface area contributed by atoms with Crippen LogP contribution < -0.4 is 15.0 Å². The van der Waals surface area contributed by atoms with Crippen molar-refractivity contribution in [2.45, 2.75) is 38.2 Å². The lowest BCUT2D eigenvalue weighted by Crippen LogP contribution is -2.53. The second-order valence-electron chi connectivity index (χ2n) is 8.88. The van der Waals surface area contributed by atoms with Crippen molar-refractivity contribution in [3.8, 4) is 22.6 Å². The number of methoxy groups -OCH3 is 1.